The maximum Gasteiger partial charge on any atom is 0.231 e. The van der Waals surface area contributed by atoms with E-state index in [1.165, 1.54) is 12.1 Å². The Kier molecular flexibility index (Phi) is 3.39. The fraction of sp³-hybridized carbons (Fsp3) is 0.125. The molecule has 3 aromatic rings. The molecule has 1 heterocycles. The normalized spacial score (nSPS) is 10.8. The molecule has 0 spiro atoms. The fourth-order valence-corrected chi connectivity index (χ4v) is 2.10. The third-order valence-corrected chi connectivity index (χ3v) is 3.19. The van der Waals surface area contributed by atoms with Crippen LogP contribution in [0.15, 0.2) is 47.0 Å². The molecule has 0 aliphatic rings. The van der Waals surface area contributed by atoms with E-state index in [1.807, 2.05) is 0 Å². The second kappa shape index (κ2) is 5.36. The molecule has 106 valence electrons. The molecule has 0 unspecified atom stereocenters. The van der Waals surface area contributed by atoms with E-state index in [4.69, 9.17) is 4.52 Å². The first-order chi connectivity index (χ1) is 10.1. The van der Waals surface area contributed by atoms with Gasteiger partial charge in [-0.05, 0) is 48.4 Å². The van der Waals surface area contributed by atoms with Crippen molar-refractivity contribution in [2.75, 3.05) is 0 Å². The molecule has 0 amide bonds. The molecule has 5 heteroatoms. The van der Waals surface area contributed by atoms with Crippen LogP contribution in [0.5, 0.6) is 5.75 Å². The quantitative estimate of drug-likeness (QED) is 0.800. The van der Waals surface area contributed by atoms with Crippen LogP contribution in [0.4, 0.5) is 4.39 Å². The van der Waals surface area contributed by atoms with Gasteiger partial charge in [0.2, 0.25) is 11.7 Å². The van der Waals surface area contributed by atoms with Crippen LogP contribution in [0, 0.1) is 12.7 Å². The van der Waals surface area contributed by atoms with Crippen LogP contribution in [0.2, 0.25) is 0 Å². The minimum Gasteiger partial charge on any atom is -0.508 e. The third kappa shape index (κ3) is 2.91. The minimum atomic E-state index is -0.288. The van der Waals surface area contributed by atoms with Crippen LogP contribution in [-0.4, -0.2) is 15.2 Å². The van der Waals surface area contributed by atoms with Gasteiger partial charge in [0.15, 0.2) is 0 Å². The summed E-state index contributed by atoms with van der Waals surface area (Å²) < 4.78 is 18.3. The predicted octanol–water partition coefficient (Wildman–Crippen LogP) is 3.48. The van der Waals surface area contributed by atoms with Crippen molar-refractivity contribution < 1.29 is 14.0 Å². The smallest absolute Gasteiger partial charge is 0.231 e. The molecule has 0 fully saturated rings. The second-order valence-electron chi connectivity index (χ2n) is 4.81. The highest BCUT2D eigenvalue weighted by Gasteiger charge is 2.11. The van der Waals surface area contributed by atoms with Crippen LogP contribution in [-0.2, 0) is 6.42 Å². The van der Waals surface area contributed by atoms with Gasteiger partial charge in [-0.1, -0.05) is 17.3 Å². The zero-order valence-corrected chi connectivity index (χ0v) is 11.4. The summed E-state index contributed by atoms with van der Waals surface area (Å²) in [5, 5.41) is 13.2. The van der Waals surface area contributed by atoms with E-state index in [1.54, 1.807) is 37.3 Å². The third-order valence-electron chi connectivity index (χ3n) is 3.19. The number of phenolic OH excluding ortho intramolecular Hbond substituents is 1. The number of halogens is 1. The average Bonchev–Trinajstić information content (AvgIpc) is 2.90. The van der Waals surface area contributed by atoms with Crippen LogP contribution in [0.3, 0.4) is 0 Å². The molecule has 0 saturated carbocycles. The lowest BCUT2D eigenvalue weighted by atomic mass is 10.1. The summed E-state index contributed by atoms with van der Waals surface area (Å²) in [5.41, 5.74) is 2.46. The SMILES string of the molecule is Cc1cc(F)ccc1-c1noc(Cc2ccc(O)cc2)n1. The van der Waals surface area contributed by atoms with Crippen LogP contribution >= 0.6 is 0 Å². The summed E-state index contributed by atoms with van der Waals surface area (Å²) in [6, 6.07) is 11.3. The topological polar surface area (TPSA) is 59.2 Å². The van der Waals surface area contributed by atoms with Gasteiger partial charge in [0, 0.05) is 5.56 Å². The Balaban J connectivity index is 1.84. The van der Waals surface area contributed by atoms with Gasteiger partial charge in [-0.2, -0.15) is 4.98 Å². The maximum absolute atomic E-state index is 13.1. The highest BCUT2D eigenvalue weighted by molar-refractivity contribution is 5.59. The van der Waals surface area contributed by atoms with Crippen molar-refractivity contribution in [1.29, 1.82) is 0 Å². The van der Waals surface area contributed by atoms with E-state index in [-0.39, 0.29) is 11.6 Å². The Morgan fingerprint density at radius 3 is 2.62 bits per heavy atom. The molecule has 0 bridgehead atoms. The summed E-state index contributed by atoms with van der Waals surface area (Å²) in [6.07, 6.45) is 0.480. The highest BCUT2D eigenvalue weighted by atomic mass is 19.1. The van der Waals surface area contributed by atoms with E-state index >= 15 is 0 Å². The number of aromatic hydroxyl groups is 1. The van der Waals surface area contributed by atoms with Crippen LogP contribution in [0.1, 0.15) is 17.0 Å². The number of hydrogen-bond donors (Lipinski definition) is 1. The molecule has 0 atom stereocenters. The van der Waals surface area contributed by atoms with Crippen LogP contribution < -0.4 is 0 Å². The van der Waals surface area contributed by atoms with Gasteiger partial charge in [0.25, 0.3) is 0 Å². The molecule has 4 nitrogen and oxygen atoms in total. The number of aromatic nitrogens is 2. The first-order valence-electron chi connectivity index (χ1n) is 6.49. The minimum absolute atomic E-state index is 0.215. The van der Waals surface area contributed by atoms with Crippen molar-refractivity contribution in [1.82, 2.24) is 10.1 Å². The highest BCUT2D eigenvalue weighted by Crippen LogP contribution is 2.22. The second-order valence-corrected chi connectivity index (χ2v) is 4.81. The van der Waals surface area contributed by atoms with Gasteiger partial charge in [0.1, 0.15) is 11.6 Å². The molecule has 1 N–H and O–H groups in total. The fourth-order valence-electron chi connectivity index (χ4n) is 2.10. The number of aryl methyl sites for hydroxylation is 1. The van der Waals surface area contributed by atoms with E-state index in [0.29, 0.717) is 18.1 Å². The number of nitrogens with zero attached hydrogens (tertiary/aromatic N) is 2. The van der Waals surface area contributed by atoms with E-state index < -0.39 is 0 Å². The van der Waals surface area contributed by atoms with Crippen molar-refractivity contribution in [2.45, 2.75) is 13.3 Å². The van der Waals surface area contributed by atoms with Crippen molar-refractivity contribution in [2.24, 2.45) is 0 Å². The molecule has 0 saturated heterocycles. The van der Waals surface area contributed by atoms with Crippen molar-refractivity contribution >= 4 is 0 Å². The van der Waals surface area contributed by atoms with Crippen molar-refractivity contribution in [3.8, 4) is 17.1 Å². The molecular weight excluding hydrogens is 271 g/mol. The van der Waals surface area contributed by atoms with Gasteiger partial charge < -0.3 is 9.63 Å². The lowest BCUT2D eigenvalue weighted by Crippen LogP contribution is -1.90. The molecule has 0 radical (unpaired) electrons. The van der Waals surface area contributed by atoms with Gasteiger partial charge in [-0.3, -0.25) is 0 Å². The van der Waals surface area contributed by atoms with E-state index in [9.17, 15) is 9.50 Å². The maximum atomic E-state index is 13.1. The van der Waals surface area contributed by atoms with Gasteiger partial charge >= 0.3 is 0 Å². The monoisotopic (exact) mass is 284 g/mol. The van der Waals surface area contributed by atoms with Crippen molar-refractivity contribution in [3.05, 3.63) is 65.3 Å². The Morgan fingerprint density at radius 1 is 1.14 bits per heavy atom. The van der Waals surface area contributed by atoms with E-state index in [0.717, 1.165) is 16.7 Å². The summed E-state index contributed by atoms with van der Waals surface area (Å²) >= 11 is 0. The Hall–Kier alpha value is -2.69. The molecule has 21 heavy (non-hydrogen) atoms. The average molecular weight is 284 g/mol. The predicted molar refractivity (Wildman–Crippen MR) is 75.3 cm³/mol. The Labute approximate surface area is 120 Å². The summed E-state index contributed by atoms with van der Waals surface area (Å²) in [7, 11) is 0. The Bertz CT molecular complexity index is 766. The lowest BCUT2D eigenvalue weighted by Gasteiger charge is -1.99. The summed E-state index contributed by atoms with van der Waals surface area (Å²) in [6.45, 7) is 1.80. The first kappa shape index (κ1) is 13.3. The largest absolute Gasteiger partial charge is 0.508 e. The summed E-state index contributed by atoms with van der Waals surface area (Å²) in [5.74, 6) is 0.844. The molecule has 0 aliphatic heterocycles. The standard InChI is InChI=1S/C16H13FN2O2/c1-10-8-12(17)4-7-14(10)16-18-15(21-19-16)9-11-2-5-13(20)6-3-11/h2-8,20H,9H2,1H3. The van der Waals surface area contributed by atoms with Gasteiger partial charge in [0.05, 0.1) is 6.42 Å². The number of rotatable bonds is 3. The van der Waals surface area contributed by atoms with Gasteiger partial charge in [-0.15, -0.1) is 0 Å². The van der Waals surface area contributed by atoms with E-state index in [2.05, 4.69) is 10.1 Å². The zero-order valence-electron chi connectivity index (χ0n) is 11.4. The zero-order chi connectivity index (χ0) is 14.8. The van der Waals surface area contributed by atoms with Crippen LogP contribution in [0.25, 0.3) is 11.4 Å². The van der Waals surface area contributed by atoms with Gasteiger partial charge in [-0.25, -0.2) is 4.39 Å². The number of phenols is 1. The number of benzene rings is 2. The lowest BCUT2D eigenvalue weighted by molar-refractivity contribution is 0.385. The molecule has 2 aromatic carbocycles. The molecule has 3 rings (SSSR count). The number of hydrogen-bond acceptors (Lipinski definition) is 4. The molecule has 0 aliphatic carbocycles. The molecule has 1 aromatic heterocycles. The molecular formula is C16H13FN2O2. The first-order valence-corrected chi connectivity index (χ1v) is 6.49. The summed E-state index contributed by atoms with van der Waals surface area (Å²) in [4.78, 5) is 4.33. The van der Waals surface area contributed by atoms with Crippen molar-refractivity contribution in [3.63, 3.8) is 0 Å². The Morgan fingerprint density at radius 2 is 1.90 bits per heavy atom.